The zero-order valence-electron chi connectivity index (χ0n) is 12.7. The van der Waals surface area contributed by atoms with Gasteiger partial charge in [0.25, 0.3) is 0 Å². The van der Waals surface area contributed by atoms with Crippen LogP contribution in [-0.2, 0) is 10.0 Å². The van der Waals surface area contributed by atoms with E-state index in [0.717, 1.165) is 4.88 Å². The number of sulfonamides is 1. The maximum absolute atomic E-state index is 12.5. The number of rotatable bonds is 6. The van der Waals surface area contributed by atoms with E-state index in [1.807, 2.05) is 36.5 Å². The molecule has 0 amide bonds. The summed E-state index contributed by atoms with van der Waals surface area (Å²) >= 11 is 7.53. The molecule has 120 valence electrons. The van der Waals surface area contributed by atoms with E-state index in [-0.39, 0.29) is 10.9 Å². The summed E-state index contributed by atoms with van der Waals surface area (Å²) in [6, 6.07) is 8.84. The Morgan fingerprint density at radius 1 is 1.32 bits per heavy atom. The van der Waals surface area contributed by atoms with Crippen LogP contribution < -0.4 is 4.72 Å². The second kappa shape index (κ2) is 7.10. The minimum absolute atomic E-state index is 0.00531. The minimum Gasteiger partial charge on any atom is -0.300 e. The molecule has 0 unspecified atom stereocenters. The van der Waals surface area contributed by atoms with Crippen molar-refractivity contribution in [1.82, 2.24) is 9.62 Å². The maximum atomic E-state index is 12.5. The molecule has 1 heterocycles. The van der Waals surface area contributed by atoms with E-state index in [1.54, 1.807) is 30.4 Å². The lowest BCUT2D eigenvalue weighted by Gasteiger charge is -2.23. The summed E-state index contributed by atoms with van der Waals surface area (Å²) < 4.78 is 27.7. The van der Waals surface area contributed by atoms with Crippen LogP contribution in [-0.4, -0.2) is 34.0 Å². The number of thiophene rings is 1. The maximum Gasteiger partial charge on any atom is 0.240 e. The zero-order valence-corrected chi connectivity index (χ0v) is 15.1. The highest BCUT2D eigenvalue weighted by Gasteiger charge is 2.21. The Labute approximate surface area is 140 Å². The van der Waals surface area contributed by atoms with Gasteiger partial charge in [0.15, 0.2) is 0 Å². The molecular formula is C15H19ClN2O2S2. The van der Waals surface area contributed by atoms with Crippen molar-refractivity contribution in [2.24, 2.45) is 0 Å². The van der Waals surface area contributed by atoms with E-state index in [1.165, 1.54) is 6.07 Å². The monoisotopic (exact) mass is 358 g/mol. The number of hydrogen-bond donors (Lipinski definition) is 1. The van der Waals surface area contributed by atoms with E-state index >= 15 is 0 Å². The number of hydrogen-bond acceptors (Lipinski definition) is 4. The first-order chi connectivity index (χ1) is 10.3. The highest BCUT2D eigenvalue weighted by atomic mass is 35.5. The topological polar surface area (TPSA) is 49.4 Å². The molecular weight excluding hydrogens is 340 g/mol. The van der Waals surface area contributed by atoms with Crippen LogP contribution in [0, 0.1) is 6.92 Å². The van der Waals surface area contributed by atoms with E-state index in [0.29, 0.717) is 17.1 Å². The van der Waals surface area contributed by atoms with Gasteiger partial charge in [-0.1, -0.05) is 23.7 Å². The summed E-state index contributed by atoms with van der Waals surface area (Å²) in [5.74, 6) is 0. The lowest BCUT2D eigenvalue weighted by molar-refractivity contribution is 0.303. The van der Waals surface area contributed by atoms with Gasteiger partial charge in [-0.3, -0.25) is 0 Å². The van der Waals surface area contributed by atoms with Gasteiger partial charge in [-0.2, -0.15) is 0 Å². The summed E-state index contributed by atoms with van der Waals surface area (Å²) in [7, 11) is 0.278. The van der Waals surface area contributed by atoms with Crippen LogP contribution in [0.4, 0.5) is 0 Å². The van der Waals surface area contributed by atoms with Crippen LogP contribution in [0.1, 0.15) is 16.5 Å². The lowest BCUT2D eigenvalue weighted by Crippen LogP contribution is -2.34. The average Bonchev–Trinajstić information content (AvgIpc) is 2.95. The molecule has 0 aliphatic heterocycles. The van der Waals surface area contributed by atoms with Crippen molar-refractivity contribution in [3.63, 3.8) is 0 Å². The van der Waals surface area contributed by atoms with Gasteiger partial charge in [0.2, 0.25) is 10.0 Å². The summed E-state index contributed by atoms with van der Waals surface area (Å²) in [4.78, 5) is 3.35. The molecule has 1 atom stereocenters. The van der Waals surface area contributed by atoms with Crippen molar-refractivity contribution < 1.29 is 8.42 Å². The molecule has 2 aromatic rings. The predicted octanol–water partition coefficient (Wildman–Crippen LogP) is 3.29. The molecule has 0 bridgehead atoms. The van der Waals surface area contributed by atoms with E-state index in [2.05, 4.69) is 4.72 Å². The van der Waals surface area contributed by atoms with Gasteiger partial charge in [-0.25, -0.2) is 13.1 Å². The van der Waals surface area contributed by atoms with Crippen molar-refractivity contribution in [2.45, 2.75) is 17.9 Å². The molecule has 1 aromatic heterocycles. The first-order valence-electron chi connectivity index (χ1n) is 6.77. The van der Waals surface area contributed by atoms with Crippen LogP contribution in [0.15, 0.2) is 40.6 Å². The zero-order chi connectivity index (χ0) is 16.3. The highest BCUT2D eigenvalue weighted by molar-refractivity contribution is 7.89. The largest absolute Gasteiger partial charge is 0.300 e. The minimum atomic E-state index is -3.59. The molecule has 0 saturated heterocycles. The lowest BCUT2D eigenvalue weighted by atomic mass is 10.2. The fourth-order valence-corrected chi connectivity index (χ4v) is 4.61. The normalized spacial score (nSPS) is 13.5. The van der Waals surface area contributed by atoms with Crippen molar-refractivity contribution in [3.05, 3.63) is 51.2 Å². The average molecular weight is 359 g/mol. The number of benzene rings is 1. The summed E-state index contributed by atoms with van der Waals surface area (Å²) in [6.07, 6.45) is 0. The molecule has 0 fully saturated rings. The Kier molecular flexibility index (Phi) is 5.63. The molecule has 0 radical (unpaired) electrons. The molecule has 1 N–H and O–H groups in total. The first kappa shape index (κ1) is 17.4. The molecule has 2 rings (SSSR count). The number of aryl methyl sites for hydroxylation is 1. The molecule has 0 aliphatic rings. The van der Waals surface area contributed by atoms with E-state index in [9.17, 15) is 8.42 Å². The standard InChI is InChI=1S/C15H19ClN2O2S2/c1-11-6-7-12(16)9-15(11)22(19,20)17-10-13(18(2)3)14-5-4-8-21-14/h4-9,13,17H,10H2,1-3H3/t13-/m1/s1. The fraction of sp³-hybridized carbons (Fsp3) is 0.333. The van der Waals surface area contributed by atoms with Crippen molar-refractivity contribution in [1.29, 1.82) is 0 Å². The van der Waals surface area contributed by atoms with E-state index in [4.69, 9.17) is 11.6 Å². The third-order valence-corrected chi connectivity index (χ3v) is 6.18. The van der Waals surface area contributed by atoms with Crippen molar-refractivity contribution in [2.75, 3.05) is 20.6 Å². The SMILES string of the molecule is Cc1ccc(Cl)cc1S(=O)(=O)NC[C@H](c1cccs1)N(C)C. The summed E-state index contributed by atoms with van der Waals surface area (Å²) in [6.45, 7) is 2.06. The molecule has 0 spiro atoms. The highest BCUT2D eigenvalue weighted by Crippen LogP contribution is 2.24. The van der Waals surface area contributed by atoms with E-state index < -0.39 is 10.0 Å². The predicted molar refractivity (Wildman–Crippen MR) is 92.1 cm³/mol. The molecule has 7 heteroatoms. The van der Waals surface area contributed by atoms with Gasteiger partial charge in [-0.05, 0) is 50.2 Å². The quantitative estimate of drug-likeness (QED) is 0.862. The van der Waals surface area contributed by atoms with Crippen LogP contribution in [0.25, 0.3) is 0 Å². The molecule has 1 aromatic carbocycles. The first-order valence-corrected chi connectivity index (χ1v) is 9.51. The number of nitrogens with zero attached hydrogens (tertiary/aromatic N) is 1. The second-order valence-electron chi connectivity index (χ2n) is 5.26. The van der Waals surface area contributed by atoms with Gasteiger partial charge in [-0.15, -0.1) is 11.3 Å². The summed E-state index contributed by atoms with van der Waals surface area (Å²) in [5.41, 5.74) is 0.675. The third kappa shape index (κ3) is 4.08. The Morgan fingerprint density at radius 2 is 2.05 bits per heavy atom. The second-order valence-corrected chi connectivity index (χ2v) is 8.41. The molecule has 0 saturated carbocycles. The summed E-state index contributed by atoms with van der Waals surface area (Å²) in [5, 5.41) is 2.40. The van der Waals surface area contributed by atoms with Crippen LogP contribution in [0.3, 0.4) is 0 Å². The van der Waals surface area contributed by atoms with Crippen molar-refractivity contribution in [3.8, 4) is 0 Å². The van der Waals surface area contributed by atoms with Crippen LogP contribution >= 0.6 is 22.9 Å². The molecule has 22 heavy (non-hydrogen) atoms. The number of halogens is 1. The Hall–Kier alpha value is -0.920. The van der Waals surface area contributed by atoms with Crippen LogP contribution in [0.5, 0.6) is 0 Å². The van der Waals surface area contributed by atoms with Gasteiger partial charge in [0, 0.05) is 16.4 Å². The van der Waals surface area contributed by atoms with Gasteiger partial charge < -0.3 is 4.90 Å². The van der Waals surface area contributed by atoms with Gasteiger partial charge in [0.05, 0.1) is 10.9 Å². The Bertz CT molecular complexity index is 728. The van der Waals surface area contributed by atoms with Crippen molar-refractivity contribution >= 4 is 33.0 Å². The molecule has 0 aliphatic carbocycles. The fourth-order valence-electron chi connectivity index (χ4n) is 2.15. The smallest absolute Gasteiger partial charge is 0.240 e. The third-order valence-electron chi connectivity index (χ3n) is 3.40. The number of likely N-dealkylation sites (N-methyl/N-ethyl adjacent to an activating group) is 1. The Balaban J connectivity index is 2.20. The van der Waals surface area contributed by atoms with Gasteiger partial charge >= 0.3 is 0 Å². The van der Waals surface area contributed by atoms with Crippen LogP contribution in [0.2, 0.25) is 5.02 Å². The molecule has 4 nitrogen and oxygen atoms in total. The Morgan fingerprint density at radius 3 is 2.64 bits per heavy atom. The van der Waals surface area contributed by atoms with Gasteiger partial charge in [0.1, 0.15) is 0 Å². The number of nitrogens with one attached hydrogen (secondary N) is 1.